The number of aromatic nitrogens is 4. The summed E-state index contributed by atoms with van der Waals surface area (Å²) in [5.41, 5.74) is -0.534. The minimum absolute atomic E-state index is 0.390. The van der Waals surface area contributed by atoms with Crippen molar-refractivity contribution in [2.45, 2.75) is 31.0 Å². The van der Waals surface area contributed by atoms with Crippen LogP contribution in [0.5, 0.6) is 0 Å². The lowest BCUT2D eigenvalue weighted by molar-refractivity contribution is -0.0950. The standard InChI is InChI=1S/C13H19N5O4/c1-13(21)9(20)7(4-19)22-12(13)18-6-16-8-10(17(2)3)14-5-15-11(8)18/h5-7,9,12,19-21H,4H2,1-3H3/t7-,9-,12-,13-/m1/s1. The van der Waals surface area contributed by atoms with E-state index in [1.165, 1.54) is 19.6 Å². The molecule has 4 atom stereocenters. The van der Waals surface area contributed by atoms with Crippen molar-refractivity contribution in [3.63, 3.8) is 0 Å². The first-order valence-corrected chi connectivity index (χ1v) is 6.89. The quantitative estimate of drug-likeness (QED) is 0.654. The van der Waals surface area contributed by atoms with Gasteiger partial charge in [-0.15, -0.1) is 0 Å². The van der Waals surface area contributed by atoms with Crippen LogP contribution in [-0.2, 0) is 4.74 Å². The molecule has 0 unspecified atom stereocenters. The Balaban J connectivity index is 2.10. The Morgan fingerprint density at radius 1 is 1.36 bits per heavy atom. The lowest BCUT2D eigenvalue weighted by atomic mass is 9.96. The average Bonchev–Trinajstić information content (AvgIpc) is 2.99. The molecule has 1 aliphatic rings. The third-order valence-corrected chi connectivity index (χ3v) is 3.95. The van der Waals surface area contributed by atoms with Crippen LogP contribution in [0.4, 0.5) is 5.82 Å². The van der Waals surface area contributed by atoms with Crippen LogP contribution in [-0.4, -0.2) is 73.3 Å². The van der Waals surface area contributed by atoms with E-state index in [1.807, 2.05) is 14.1 Å². The minimum atomic E-state index is -1.58. The summed E-state index contributed by atoms with van der Waals surface area (Å²) in [7, 11) is 3.68. The van der Waals surface area contributed by atoms with Crippen LogP contribution < -0.4 is 4.90 Å². The highest BCUT2D eigenvalue weighted by molar-refractivity contribution is 5.83. The Morgan fingerprint density at radius 3 is 2.68 bits per heavy atom. The monoisotopic (exact) mass is 309 g/mol. The fraction of sp³-hybridized carbons (Fsp3) is 0.615. The summed E-state index contributed by atoms with van der Waals surface area (Å²) >= 11 is 0. The molecule has 3 rings (SSSR count). The van der Waals surface area contributed by atoms with E-state index in [2.05, 4.69) is 15.0 Å². The van der Waals surface area contributed by atoms with E-state index in [9.17, 15) is 15.3 Å². The fourth-order valence-corrected chi connectivity index (χ4v) is 2.73. The maximum atomic E-state index is 10.5. The Bertz CT molecular complexity index is 686. The van der Waals surface area contributed by atoms with Gasteiger partial charge in [0.1, 0.15) is 24.1 Å². The number of aliphatic hydroxyl groups is 3. The predicted octanol–water partition coefficient (Wildman–Crippen LogP) is -1.11. The number of ether oxygens (including phenoxy) is 1. The molecular formula is C13H19N5O4. The molecule has 9 heteroatoms. The van der Waals surface area contributed by atoms with Gasteiger partial charge >= 0.3 is 0 Å². The number of anilines is 1. The van der Waals surface area contributed by atoms with Crippen molar-refractivity contribution >= 4 is 17.0 Å². The minimum Gasteiger partial charge on any atom is -0.394 e. The van der Waals surface area contributed by atoms with Crippen molar-refractivity contribution in [2.24, 2.45) is 0 Å². The van der Waals surface area contributed by atoms with Crippen molar-refractivity contribution in [3.05, 3.63) is 12.7 Å². The molecule has 2 aromatic heterocycles. The molecule has 22 heavy (non-hydrogen) atoms. The molecule has 3 heterocycles. The maximum Gasteiger partial charge on any atom is 0.168 e. The Labute approximate surface area is 126 Å². The first kappa shape index (κ1) is 15.1. The van der Waals surface area contributed by atoms with Gasteiger partial charge in [0, 0.05) is 14.1 Å². The van der Waals surface area contributed by atoms with Crippen LogP contribution >= 0.6 is 0 Å². The number of aliphatic hydroxyl groups excluding tert-OH is 2. The van der Waals surface area contributed by atoms with Gasteiger partial charge in [0.2, 0.25) is 0 Å². The molecular weight excluding hydrogens is 290 g/mol. The SMILES string of the molecule is CN(C)c1ncnc2c1ncn2[C@@H]1O[C@H](CO)[C@@H](O)[C@@]1(C)O. The van der Waals surface area contributed by atoms with E-state index in [4.69, 9.17) is 4.74 Å². The van der Waals surface area contributed by atoms with E-state index in [0.717, 1.165) is 0 Å². The van der Waals surface area contributed by atoms with E-state index < -0.39 is 30.6 Å². The molecule has 1 aliphatic heterocycles. The van der Waals surface area contributed by atoms with Gasteiger partial charge in [0.25, 0.3) is 0 Å². The highest BCUT2D eigenvalue weighted by atomic mass is 16.6. The molecule has 9 nitrogen and oxygen atoms in total. The molecule has 2 aromatic rings. The molecule has 1 saturated heterocycles. The van der Waals surface area contributed by atoms with Gasteiger partial charge in [-0.2, -0.15) is 0 Å². The summed E-state index contributed by atoms with van der Waals surface area (Å²) in [4.78, 5) is 14.5. The molecule has 120 valence electrons. The third-order valence-electron chi connectivity index (χ3n) is 3.95. The Morgan fingerprint density at radius 2 is 2.09 bits per heavy atom. The number of imidazole rings is 1. The smallest absolute Gasteiger partial charge is 0.168 e. The van der Waals surface area contributed by atoms with Crippen LogP contribution in [0.3, 0.4) is 0 Å². The van der Waals surface area contributed by atoms with Gasteiger partial charge in [0.05, 0.1) is 12.9 Å². The largest absolute Gasteiger partial charge is 0.394 e. The second-order valence-electron chi connectivity index (χ2n) is 5.80. The zero-order valence-electron chi connectivity index (χ0n) is 12.6. The van der Waals surface area contributed by atoms with Crippen molar-refractivity contribution in [2.75, 3.05) is 25.6 Å². The van der Waals surface area contributed by atoms with Crippen LogP contribution in [0, 0.1) is 0 Å². The third kappa shape index (κ3) is 2.05. The summed E-state index contributed by atoms with van der Waals surface area (Å²) in [6.07, 6.45) is -0.102. The van der Waals surface area contributed by atoms with Crippen LogP contribution in [0.1, 0.15) is 13.2 Å². The number of rotatable bonds is 3. The highest BCUT2D eigenvalue weighted by Crippen LogP contribution is 2.39. The Kier molecular flexibility index (Phi) is 3.52. The average molecular weight is 309 g/mol. The van der Waals surface area contributed by atoms with Gasteiger partial charge in [-0.1, -0.05) is 0 Å². The second kappa shape index (κ2) is 5.13. The molecule has 0 spiro atoms. The molecule has 0 amide bonds. The molecule has 0 aliphatic carbocycles. The van der Waals surface area contributed by atoms with Gasteiger partial charge in [0.15, 0.2) is 23.2 Å². The lowest BCUT2D eigenvalue weighted by Crippen LogP contribution is -2.44. The van der Waals surface area contributed by atoms with Gasteiger partial charge < -0.3 is 25.0 Å². The van der Waals surface area contributed by atoms with Crippen molar-refractivity contribution in [1.29, 1.82) is 0 Å². The number of hydrogen-bond acceptors (Lipinski definition) is 8. The normalized spacial score (nSPS) is 31.8. The molecule has 1 fully saturated rings. The van der Waals surface area contributed by atoms with Gasteiger partial charge in [-0.25, -0.2) is 15.0 Å². The van der Waals surface area contributed by atoms with Crippen LogP contribution in [0.2, 0.25) is 0 Å². The van der Waals surface area contributed by atoms with E-state index >= 15 is 0 Å². The second-order valence-corrected chi connectivity index (χ2v) is 5.80. The lowest BCUT2D eigenvalue weighted by Gasteiger charge is -2.27. The van der Waals surface area contributed by atoms with Crippen molar-refractivity contribution in [3.8, 4) is 0 Å². The maximum absolute atomic E-state index is 10.5. The van der Waals surface area contributed by atoms with Crippen molar-refractivity contribution in [1.82, 2.24) is 19.5 Å². The van der Waals surface area contributed by atoms with Crippen molar-refractivity contribution < 1.29 is 20.1 Å². The van der Waals surface area contributed by atoms with Crippen LogP contribution in [0.15, 0.2) is 12.7 Å². The summed E-state index contributed by atoms with van der Waals surface area (Å²) in [5.74, 6) is 0.639. The topological polar surface area (TPSA) is 117 Å². The molecule has 0 bridgehead atoms. The molecule has 3 N–H and O–H groups in total. The molecule has 0 aromatic carbocycles. The summed E-state index contributed by atoms with van der Waals surface area (Å²) < 4.78 is 7.13. The number of hydrogen-bond donors (Lipinski definition) is 3. The molecule has 0 saturated carbocycles. The summed E-state index contributed by atoms with van der Waals surface area (Å²) in [6, 6.07) is 0. The number of nitrogens with zero attached hydrogens (tertiary/aromatic N) is 5. The first-order valence-electron chi connectivity index (χ1n) is 6.89. The highest BCUT2D eigenvalue weighted by Gasteiger charge is 2.53. The van der Waals surface area contributed by atoms with Crippen LogP contribution in [0.25, 0.3) is 11.2 Å². The summed E-state index contributed by atoms with van der Waals surface area (Å²) in [6.45, 7) is 1.07. The zero-order valence-corrected chi connectivity index (χ0v) is 12.6. The van der Waals surface area contributed by atoms with E-state index in [0.29, 0.717) is 17.0 Å². The number of fused-ring (bicyclic) bond motifs is 1. The van der Waals surface area contributed by atoms with E-state index in [-0.39, 0.29) is 0 Å². The Hall–Kier alpha value is -1.81. The van der Waals surface area contributed by atoms with E-state index in [1.54, 1.807) is 9.47 Å². The predicted molar refractivity (Wildman–Crippen MR) is 77.3 cm³/mol. The van der Waals surface area contributed by atoms with Gasteiger partial charge in [-0.3, -0.25) is 4.57 Å². The fourth-order valence-electron chi connectivity index (χ4n) is 2.73. The molecule has 0 radical (unpaired) electrons. The van der Waals surface area contributed by atoms with Gasteiger partial charge in [-0.05, 0) is 6.92 Å². The first-order chi connectivity index (χ1) is 10.4. The zero-order chi connectivity index (χ0) is 16.1. The summed E-state index contributed by atoms with van der Waals surface area (Å²) in [5, 5.41) is 29.9.